The highest BCUT2D eigenvalue weighted by Gasteiger charge is 2.24. The molecule has 0 spiro atoms. The molecule has 0 bridgehead atoms. The Kier molecular flexibility index (Phi) is 17.1. The largest absolute Gasteiger partial charge is 0.519 e. The first-order valence-corrected chi connectivity index (χ1v) is 11.1. The number of carboxylic acids is 1. The minimum Gasteiger partial charge on any atom is -0.481 e. The van der Waals surface area contributed by atoms with Crippen LogP contribution in [0.2, 0.25) is 0 Å². The van der Waals surface area contributed by atoms with E-state index in [0.717, 1.165) is 0 Å². The Labute approximate surface area is 215 Å². The highest BCUT2D eigenvalue weighted by molar-refractivity contribution is 5.83. The number of hydrogen-bond donors (Lipinski definition) is 4. The maximum atomic E-state index is 11.0. The van der Waals surface area contributed by atoms with Crippen molar-refractivity contribution in [1.29, 1.82) is 0 Å². The number of amides is 2. The number of rotatable bonds is 1. The Hall–Kier alpha value is -2.89. The summed E-state index contributed by atoms with van der Waals surface area (Å²) in [6.07, 6.45) is -2.12. The van der Waals surface area contributed by atoms with Crippen molar-refractivity contribution in [3.8, 4) is 0 Å². The first-order valence-electron chi connectivity index (χ1n) is 11.1. The lowest BCUT2D eigenvalue weighted by molar-refractivity contribution is -0.145. The molecule has 0 saturated carbocycles. The minimum atomic E-state index is -1.06. The molecule has 12 nitrogen and oxygen atoms in total. The quantitative estimate of drug-likeness (QED) is 0.289. The fraction of sp³-hybridized carbons (Fsp3) is 0.792. The van der Waals surface area contributed by atoms with Gasteiger partial charge < -0.3 is 36.5 Å². The molecule has 7 N–H and O–H groups in total. The number of aliphatic carboxylic acids is 1. The SMILES string of the molecule is CC(C)(C)C(=O)O.CC(C)(C)C(N)=O.CC(C)(C)OC(=O)OC(=O)OC(C)(C)C.CC(C)(N)C(N)=O. The Morgan fingerprint density at radius 1 is 0.556 bits per heavy atom. The molecule has 0 aliphatic carbocycles. The van der Waals surface area contributed by atoms with Gasteiger partial charge in [0.25, 0.3) is 0 Å². The van der Waals surface area contributed by atoms with Crippen LogP contribution in [0.4, 0.5) is 9.59 Å². The summed E-state index contributed by atoms with van der Waals surface area (Å²) in [5.74, 6) is -1.49. The molecule has 0 aromatic rings. The Balaban J connectivity index is -0.000000206. The summed E-state index contributed by atoms with van der Waals surface area (Å²) in [4.78, 5) is 52.4. The summed E-state index contributed by atoms with van der Waals surface area (Å²) >= 11 is 0. The zero-order valence-corrected chi connectivity index (χ0v) is 24.4. The van der Waals surface area contributed by atoms with Crippen LogP contribution in [0.25, 0.3) is 0 Å². The van der Waals surface area contributed by atoms with Crippen LogP contribution >= 0.6 is 0 Å². The number of carbonyl (C=O) groups is 5. The van der Waals surface area contributed by atoms with Gasteiger partial charge in [0.2, 0.25) is 11.8 Å². The van der Waals surface area contributed by atoms with Crippen molar-refractivity contribution in [3.63, 3.8) is 0 Å². The minimum absolute atomic E-state index is 0.257. The Bertz CT molecular complexity index is 645. The van der Waals surface area contributed by atoms with E-state index < -0.39 is 46.3 Å². The van der Waals surface area contributed by atoms with E-state index in [1.165, 1.54) is 0 Å². The molecular weight excluding hydrogens is 474 g/mol. The molecule has 0 unspecified atom stereocenters. The molecular formula is C24H49N3O9. The molecule has 0 radical (unpaired) electrons. The number of nitrogens with two attached hydrogens (primary N) is 3. The van der Waals surface area contributed by atoms with E-state index in [1.54, 1.807) is 96.9 Å². The molecule has 0 aliphatic heterocycles. The number of hydrogen-bond acceptors (Lipinski definition) is 9. The van der Waals surface area contributed by atoms with Crippen LogP contribution in [0.1, 0.15) is 96.9 Å². The molecule has 0 aromatic carbocycles. The number of ether oxygens (including phenoxy) is 3. The monoisotopic (exact) mass is 523 g/mol. The van der Waals surface area contributed by atoms with E-state index in [1.807, 2.05) is 0 Å². The van der Waals surface area contributed by atoms with E-state index in [4.69, 9.17) is 31.8 Å². The fourth-order valence-corrected chi connectivity index (χ4v) is 0.610. The second-order valence-electron chi connectivity index (χ2n) is 12.3. The van der Waals surface area contributed by atoms with Gasteiger partial charge in [-0.05, 0) is 76.2 Å². The molecule has 0 aromatic heterocycles. The zero-order chi connectivity index (χ0) is 30.5. The third-order valence-electron chi connectivity index (χ3n) is 2.96. The van der Waals surface area contributed by atoms with Crippen LogP contribution in [0.15, 0.2) is 0 Å². The molecule has 0 saturated heterocycles. The standard InChI is InChI=1S/C10H18O5.C5H11NO.C5H10O2.C4H10N2O/c1-9(2,3)14-7(11)13-8(12)15-10(4,5)6;2*1-5(2,3)4(6)7;1-4(2,6)3(5)7/h1-6H3;1-3H3,(H2,6,7);1-3H3,(H,6,7);6H2,1-2H3,(H2,5,7). The summed E-state index contributed by atoms with van der Waals surface area (Å²) in [5, 5.41) is 8.25. The van der Waals surface area contributed by atoms with Crippen molar-refractivity contribution >= 4 is 30.1 Å². The predicted octanol–water partition coefficient (Wildman–Crippen LogP) is 3.72. The van der Waals surface area contributed by atoms with Gasteiger partial charge in [0.15, 0.2) is 0 Å². The molecule has 0 aliphatic rings. The van der Waals surface area contributed by atoms with Gasteiger partial charge in [0, 0.05) is 5.41 Å². The summed E-state index contributed by atoms with van der Waals surface area (Å²) < 4.78 is 13.8. The predicted molar refractivity (Wildman–Crippen MR) is 137 cm³/mol. The van der Waals surface area contributed by atoms with E-state index >= 15 is 0 Å². The van der Waals surface area contributed by atoms with Gasteiger partial charge in [-0.25, -0.2) is 9.59 Å². The third kappa shape index (κ3) is 33.3. The van der Waals surface area contributed by atoms with Crippen LogP contribution in [0.5, 0.6) is 0 Å². The fourth-order valence-electron chi connectivity index (χ4n) is 0.610. The number of primary amides is 2. The molecule has 0 heterocycles. The molecule has 12 heteroatoms. The molecule has 0 rings (SSSR count). The number of carboxylic acid groups (broad SMARTS) is 1. The van der Waals surface area contributed by atoms with Crippen molar-refractivity contribution in [3.05, 3.63) is 0 Å². The third-order valence-corrected chi connectivity index (χ3v) is 2.96. The highest BCUT2D eigenvalue weighted by Crippen LogP contribution is 2.12. The van der Waals surface area contributed by atoms with Crippen LogP contribution < -0.4 is 17.2 Å². The Morgan fingerprint density at radius 2 is 0.750 bits per heavy atom. The molecule has 0 fully saturated rings. The average molecular weight is 524 g/mol. The van der Waals surface area contributed by atoms with Crippen LogP contribution in [-0.2, 0) is 28.6 Å². The van der Waals surface area contributed by atoms with Crippen LogP contribution in [0, 0.1) is 10.8 Å². The first kappa shape index (κ1) is 40.3. The smallest absolute Gasteiger partial charge is 0.481 e. The lowest BCUT2D eigenvalue weighted by atomic mass is 9.96. The maximum Gasteiger partial charge on any atom is 0.519 e. The van der Waals surface area contributed by atoms with Gasteiger partial charge in [-0.1, -0.05) is 20.8 Å². The van der Waals surface area contributed by atoms with E-state index in [-0.39, 0.29) is 11.3 Å². The van der Waals surface area contributed by atoms with Crippen molar-refractivity contribution < 1.29 is 43.3 Å². The topological polar surface area (TPSA) is 211 Å². The van der Waals surface area contributed by atoms with Crippen molar-refractivity contribution in [2.75, 3.05) is 0 Å². The van der Waals surface area contributed by atoms with Crippen LogP contribution in [-0.4, -0.2) is 51.9 Å². The summed E-state index contributed by atoms with van der Waals surface area (Å²) in [6.45, 7) is 23.5. The lowest BCUT2D eigenvalue weighted by Gasteiger charge is -2.20. The van der Waals surface area contributed by atoms with Crippen LogP contribution in [0.3, 0.4) is 0 Å². The van der Waals surface area contributed by atoms with Gasteiger partial charge in [0.05, 0.1) is 11.0 Å². The van der Waals surface area contributed by atoms with Crippen molar-refractivity contribution in [2.45, 2.75) is 114 Å². The number of carbonyl (C=O) groups excluding carboxylic acids is 4. The lowest BCUT2D eigenvalue weighted by Crippen LogP contribution is -2.46. The summed E-state index contributed by atoms with van der Waals surface area (Å²) in [5.41, 5.74) is 11.7. The normalized spacial score (nSPS) is 11.5. The van der Waals surface area contributed by atoms with Gasteiger partial charge >= 0.3 is 18.3 Å². The molecule has 2 amide bonds. The molecule has 36 heavy (non-hydrogen) atoms. The van der Waals surface area contributed by atoms with Gasteiger partial charge in [0.1, 0.15) is 11.2 Å². The second kappa shape index (κ2) is 15.3. The second-order valence-corrected chi connectivity index (χ2v) is 12.3. The maximum absolute atomic E-state index is 11.0. The summed E-state index contributed by atoms with van der Waals surface area (Å²) in [7, 11) is 0. The first-order chi connectivity index (χ1) is 15.3. The summed E-state index contributed by atoms with van der Waals surface area (Å²) in [6, 6.07) is 0. The molecule has 214 valence electrons. The average Bonchev–Trinajstić information content (AvgIpc) is 2.49. The van der Waals surface area contributed by atoms with Crippen molar-refractivity contribution in [1.82, 2.24) is 0 Å². The molecule has 0 atom stereocenters. The van der Waals surface area contributed by atoms with Gasteiger partial charge in [-0.15, -0.1) is 0 Å². The van der Waals surface area contributed by atoms with E-state index in [2.05, 4.69) is 4.74 Å². The van der Waals surface area contributed by atoms with Gasteiger partial charge in [-0.2, -0.15) is 0 Å². The Morgan fingerprint density at radius 3 is 0.833 bits per heavy atom. The van der Waals surface area contributed by atoms with Gasteiger partial charge in [-0.3, -0.25) is 14.4 Å². The highest BCUT2D eigenvalue weighted by atomic mass is 16.8. The van der Waals surface area contributed by atoms with E-state index in [0.29, 0.717) is 0 Å². The van der Waals surface area contributed by atoms with Crippen molar-refractivity contribution in [2.24, 2.45) is 28.0 Å². The zero-order valence-electron chi connectivity index (χ0n) is 24.4. The van der Waals surface area contributed by atoms with E-state index in [9.17, 15) is 24.0 Å².